The smallest absolute Gasteiger partial charge is 0.0162 e. The van der Waals surface area contributed by atoms with Crippen LogP contribution in [0.1, 0.15) is 31.4 Å². The van der Waals surface area contributed by atoms with Gasteiger partial charge in [-0.15, -0.1) is 0 Å². The summed E-state index contributed by atoms with van der Waals surface area (Å²) in [5.41, 5.74) is 3.75. The monoisotopic (exact) mass is 262 g/mol. The van der Waals surface area contributed by atoms with Crippen LogP contribution >= 0.6 is 0 Å². The minimum atomic E-state index is -0.00740. The van der Waals surface area contributed by atoms with E-state index in [1.54, 1.807) is 0 Å². The topological polar surface area (TPSA) is 0 Å². The molecular formula is C20H22. The van der Waals surface area contributed by atoms with Crippen LogP contribution in [0.4, 0.5) is 0 Å². The van der Waals surface area contributed by atoms with E-state index in [2.05, 4.69) is 87.2 Å². The van der Waals surface area contributed by atoms with Gasteiger partial charge in [-0.25, -0.2) is 0 Å². The summed E-state index contributed by atoms with van der Waals surface area (Å²) < 4.78 is 0. The van der Waals surface area contributed by atoms with Crippen LogP contribution in [0.3, 0.4) is 0 Å². The molecule has 0 bridgehead atoms. The van der Waals surface area contributed by atoms with Gasteiger partial charge in [0, 0.05) is 5.41 Å². The van der Waals surface area contributed by atoms with Crippen molar-refractivity contribution in [1.82, 2.24) is 0 Å². The Bertz CT molecular complexity index is 578. The molecule has 1 atom stereocenters. The lowest BCUT2D eigenvalue weighted by molar-refractivity contribution is 0.569. The van der Waals surface area contributed by atoms with E-state index in [1.165, 1.54) is 16.7 Å². The van der Waals surface area contributed by atoms with Crippen molar-refractivity contribution in [2.45, 2.75) is 25.7 Å². The first kappa shape index (κ1) is 14.3. The predicted octanol–water partition coefficient (Wildman–Crippen LogP) is 5.62. The van der Waals surface area contributed by atoms with E-state index in [9.17, 15) is 0 Å². The van der Waals surface area contributed by atoms with Gasteiger partial charge in [-0.1, -0.05) is 91.9 Å². The molecule has 0 aromatic heterocycles. The zero-order chi connectivity index (χ0) is 14.4. The minimum absolute atomic E-state index is 0.00740. The molecule has 0 spiro atoms. The van der Waals surface area contributed by atoms with Crippen LogP contribution in [-0.4, -0.2) is 0 Å². The Balaban J connectivity index is 2.19. The first-order chi connectivity index (χ1) is 9.63. The Kier molecular flexibility index (Phi) is 4.57. The van der Waals surface area contributed by atoms with Crippen LogP contribution in [0.25, 0.3) is 6.08 Å². The second-order valence-electron chi connectivity index (χ2n) is 5.50. The van der Waals surface area contributed by atoms with E-state index in [0.717, 1.165) is 6.42 Å². The van der Waals surface area contributed by atoms with Gasteiger partial charge in [0.25, 0.3) is 0 Å². The standard InChI is InChI=1S/C20H22/c1-17(2)20(3,19-14-8-5-9-15-19)16-10-13-18-11-6-4-7-12-18/h4-15H,1,16H2,2-3H3/b13-10+/t20-/m1/s1. The molecule has 20 heavy (non-hydrogen) atoms. The van der Waals surface area contributed by atoms with E-state index >= 15 is 0 Å². The fourth-order valence-corrected chi connectivity index (χ4v) is 2.34. The number of hydrogen-bond acceptors (Lipinski definition) is 0. The number of benzene rings is 2. The largest absolute Gasteiger partial charge is 0.0992 e. The fraction of sp³-hybridized carbons (Fsp3) is 0.200. The van der Waals surface area contributed by atoms with Gasteiger partial charge in [0.05, 0.1) is 0 Å². The summed E-state index contributed by atoms with van der Waals surface area (Å²) in [5.74, 6) is 0. The molecule has 2 rings (SSSR count). The summed E-state index contributed by atoms with van der Waals surface area (Å²) >= 11 is 0. The Morgan fingerprint density at radius 1 is 1.00 bits per heavy atom. The molecule has 0 unspecified atom stereocenters. The van der Waals surface area contributed by atoms with Gasteiger partial charge in [0.2, 0.25) is 0 Å². The van der Waals surface area contributed by atoms with Crippen molar-refractivity contribution in [3.63, 3.8) is 0 Å². The lowest BCUT2D eigenvalue weighted by Crippen LogP contribution is -2.22. The maximum Gasteiger partial charge on any atom is 0.0162 e. The first-order valence-corrected chi connectivity index (χ1v) is 7.06. The quantitative estimate of drug-likeness (QED) is 0.613. The van der Waals surface area contributed by atoms with Crippen molar-refractivity contribution in [2.75, 3.05) is 0 Å². The van der Waals surface area contributed by atoms with Crippen molar-refractivity contribution in [3.05, 3.63) is 90.0 Å². The molecular weight excluding hydrogens is 240 g/mol. The fourth-order valence-electron chi connectivity index (χ4n) is 2.34. The number of rotatable bonds is 5. The van der Waals surface area contributed by atoms with Crippen LogP contribution in [0.2, 0.25) is 0 Å². The van der Waals surface area contributed by atoms with Crippen molar-refractivity contribution < 1.29 is 0 Å². The minimum Gasteiger partial charge on any atom is -0.0992 e. The highest BCUT2D eigenvalue weighted by atomic mass is 14.3. The average Bonchev–Trinajstić information content (AvgIpc) is 2.49. The van der Waals surface area contributed by atoms with E-state index in [0.29, 0.717) is 0 Å². The maximum atomic E-state index is 4.20. The second-order valence-corrected chi connectivity index (χ2v) is 5.50. The van der Waals surface area contributed by atoms with E-state index in [1.807, 2.05) is 6.07 Å². The highest BCUT2D eigenvalue weighted by Crippen LogP contribution is 2.34. The van der Waals surface area contributed by atoms with Crippen LogP contribution < -0.4 is 0 Å². The molecule has 2 aromatic rings. The lowest BCUT2D eigenvalue weighted by atomic mass is 9.74. The van der Waals surface area contributed by atoms with Crippen LogP contribution in [0, 0.1) is 0 Å². The van der Waals surface area contributed by atoms with Crippen molar-refractivity contribution in [3.8, 4) is 0 Å². The summed E-state index contributed by atoms with van der Waals surface area (Å²) in [6, 6.07) is 21.0. The molecule has 0 heteroatoms. The molecule has 0 aliphatic carbocycles. The zero-order valence-electron chi connectivity index (χ0n) is 12.3. The molecule has 0 radical (unpaired) electrons. The second kappa shape index (κ2) is 6.38. The maximum absolute atomic E-state index is 4.20. The molecule has 0 saturated heterocycles. The molecule has 0 fully saturated rings. The Morgan fingerprint density at radius 2 is 1.55 bits per heavy atom. The first-order valence-electron chi connectivity index (χ1n) is 7.06. The Morgan fingerprint density at radius 3 is 2.10 bits per heavy atom. The molecule has 0 nitrogen and oxygen atoms in total. The Labute approximate surface area is 122 Å². The van der Waals surface area contributed by atoms with Crippen LogP contribution in [-0.2, 0) is 5.41 Å². The normalized spacial score (nSPS) is 14.1. The van der Waals surface area contributed by atoms with Crippen molar-refractivity contribution in [1.29, 1.82) is 0 Å². The molecule has 0 aliphatic heterocycles. The third kappa shape index (κ3) is 3.27. The lowest BCUT2D eigenvalue weighted by Gasteiger charge is -2.30. The summed E-state index contributed by atoms with van der Waals surface area (Å²) in [5, 5.41) is 0. The van der Waals surface area contributed by atoms with Gasteiger partial charge < -0.3 is 0 Å². The highest BCUT2D eigenvalue weighted by Gasteiger charge is 2.25. The highest BCUT2D eigenvalue weighted by molar-refractivity contribution is 5.49. The number of allylic oxidation sites excluding steroid dienone is 2. The molecule has 2 aromatic carbocycles. The molecule has 0 heterocycles. The van der Waals surface area contributed by atoms with E-state index in [-0.39, 0.29) is 5.41 Å². The molecule has 0 aliphatic rings. The summed E-state index contributed by atoms with van der Waals surface area (Å²) in [4.78, 5) is 0. The third-order valence-corrected chi connectivity index (χ3v) is 3.99. The summed E-state index contributed by atoms with van der Waals surface area (Å²) in [6.07, 6.45) is 5.39. The zero-order valence-corrected chi connectivity index (χ0v) is 12.3. The SMILES string of the molecule is C=C(C)[C@@](C)(C/C=C/c1ccccc1)c1ccccc1. The van der Waals surface area contributed by atoms with E-state index in [4.69, 9.17) is 0 Å². The van der Waals surface area contributed by atoms with Crippen molar-refractivity contribution >= 4 is 6.08 Å². The van der Waals surface area contributed by atoms with Crippen molar-refractivity contribution in [2.24, 2.45) is 0 Å². The molecule has 0 saturated carbocycles. The number of hydrogen-bond donors (Lipinski definition) is 0. The summed E-state index contributed by atoms with van der Waals surface area (Å²) in [6.45, 7) is 8.57. The average molecular weight is 262 g/mol. The molecule has 0 N–H and O–H groups in total. The third-order valence-electron chi connectivity index (χ3n) is 3.99. The summed E-state index contributed by atoms with van der Waals surface area (Å²) in [7, 11) is 0. The van der Waals surface area contributed by atoms with Crippen LogP contribution in [0.5, 0.6) is 0 Å². The van der Waals surface area contributed by atoms with Gasteiger partial charge in [0.15, 0.2) is 0 Å². The van der Waals surface area contributed by atoms with E-state index < -0.39 is 0 Å². The molecule has 0 amide bonds. The molecule has 102 valence electrons. The van der Waals surface area contributed by atoms with Gasteiger partial charge >= 0.3 is 0 Å². The van der Waals surface area contributed by atoms with Gasteiger partial charge in [0.1, 0.15) is 0 Å². The van der Waals surface area contributed by atoms with Crippen LogP contribution in [0.15, 0.2) is 78.9 Å². The Hall–Kier alpha value is -2.08. The predicted molar refractivity (Wildman–Crippen MR) is 88.7 cm³/mol. The van der Waals surface area contributed by atoms with Gasteiger partial charge in [-0.2, -0.15) is 0 Å². The van der Waals surface area contributed by atoms with Gasteiger partial charge in [-0.3, -0.25) is 0 Å². The van der Waals surface area contributed by atoms with Gasteiger partial charge in [-0.05, 0) is 24.5 Å².